The number of amides is 1. The lowest BCUT2D eigenvalue weighted by molar-refractivity contribution is -0.124. The van der Waals surface area contributed by atoms with Gasteiger partial charge >= 0.3 is 0 Å². The van der Waals surface area contributed by atoms with Crippen LogP contribution in [-0.4, -0.2) is 35.7 Å². The smallest absolute Gasteiger partial charge is 0.237 e. The van der Waals surface area contributed by atoms with Crippen molar-refractivity contribution >= 4 is 5.91 Å². The van der Waals surface area contributed by atoms with Crippen LogP contribution >= 0.6 is 0 Å². The molecular formula is C18H32N2O2. The highest BCUT2D eigenvalue weighted by Crippen LogP contribution is 2.36. The van der Waals surface area contributed by atoms with Gasteiger partial charge < -0.3 is 15.7 Å². The number of fused-ring (bicyclic) bond motifs is 1. The molecule has 2 saturated carbocycles. The summed E-state index contributed by atoms with van der Waals surface area (Å²) < 4.78 is 0. The fourth-order valence-corrected chi connectivity index (χ4v) is 5.01. The molecule has 0 aromatic heterocycles. The average Bonchev–Trinajstić information content (AvgIpc) is 2.99. The van der Waals surface area contributed by atoms with E-state index in [9.17, 15) is 9.90 Å². The van der Waals surface area contributed by atoms with Crippen LogP contribution < -0.4 is 10.6 Å². The summed E-state index contributed by atoms with van der Waals surface area (Å²) >= 11 is 0. The Morgan fingerprint density at radius 2 is 1.95 bits per heavy atom. The van der Waals surface area contributed by atoms with Crippen molar-refractivity contribution in [1.29, 1.82) is 0 Å². The van der Waals surface area contributed by atoms with Crippen LogP contribution in [0.2, 0.25) is 0 Å². The minimum atomic E-state index is -0.0480. The van der Waals surface area contributed by atoms with Crippen molar-refractivity contribution in [2.24, 2.45) is 17.8 Å². The molecule has 0 spiro atoms. The summed E-state index contributed by atoms with van der Waals surface area (Å²) in [5.41, 5.74) is 0. The van der Waals surface area contributed by atoms with E-state index in [0.717, 1.165) is 19.3 Å². The maximum Gasteiger partial charge on any atom is 0.237 e. The van der Waals surface area contributed by atoms with Crippen molar-refractivity contribution in [2.75, 3.05) is 6.61 Å². The molecule has 1 amide bonds. The Morgan fingerprint density at radius 3 is 2.64 bits per heavy atom. The van der Waals surface area contributed by atoms with E-state index in [1.165, 1.54) is 38.5 Å². The molecule has 1 heterocycles. The summed E-state index contributed by atoms with van der Waals surface area (Å²) in [5.74, 6) is 1.93. The predicted molar refractivity (Wildman–Crippen MR) is 87.4 cm³/mol. The second-order valence-corrected chi connectivity index (χ2v) is 7.84. The number of aliphatic hydroxyl groups is 1. The first-order valence-corrected chi connectivity index (χ1v) is 9.36. The van der Waals surface area contributed by atoms with Gasteiger partial charge in [0.15, 0.2) is 0 Å². The molecule has 0 aromatic carbocycles. The molecule has 3 aliphatic rings. The molecule has 0 radical (unpaired) electrons. The van der Waals surface area contributed by atoms with Gasteiger partial charge in [-0.3, -0.25) is 4.79 Å². The summed E-state index contributed by atoms with van der Waals surface area (Å²) in [6, 6.07) is 0.426. The maximum atomic E-state index is 12.6. The zero-order valence-corrected chi connectivity index (χ0v) is 13.9. The molecule has 1 saturated heterocycles. The molecular weight excluding hydrogens is 276 g/mol. The zero-order chi connectivity index (χ0) is 15.5. The number of aliphatic hydroxyl groups excluding tert-OH is 1. The fourth-order valence-electron chi connectivity index (χ4n) is 5.01. The van der Waals surface area contributed by atoms with Gasteiger partial charge in [-0.1, -0.05) is 32.6 Å². The van der Waals surface area contributed by atoms with Crippen molar-refractivity contribution in [3.8, 4) is 0 Å². The highest BCUT2D eigenvalue weighted by molar-refractivity contribution is 5.82. The largest absolute Gasteiger partial charge is 0.394 e. The summed E-state index contributed by atoms with van der Waals surface area (Å²) in [7, 11) is 0. The lowest BCUT2D eigenvalue weighted by Gasteiger charge is -2.31. The van der Waals surface area contributed by atoms with Crippen LogP contribution in [0.5, 0.6) is 0 Å². The third-order valence-corrected chi connectivity index (χ3v) is 6.35. The Labute approximate surface area is 134 Å². The van der Waals surface area contributed by atoms with Crippen molar-refractivity contribution in [1.82, 2.24) is 10.6 Å². The number of rotatable bonds is 4. The van der Waals surface area contributed by atoms with Crippen LogP contribution in [0.3, 0.4) is 0 Å². The van der Waals surface area contributed by atoms with Gasteiger partial charge in [0, 0.05) is 6.04 Å². The highest BCUT2D eigenvalue weighted by atomic mass is 16.3. The lowest BCUT2D eigenvalue weighted by atomic mass is 9.78. The van der Waals surface area contributed by atoms with Gasteiger partial charge in [-0.25, -0.2) is 0 Å². The lowest BCUT2D eigenvalue weighted by Crippen LogP contribution is -2.51. The van der Waals surface area contributed by atoms with E-state index >= 15 is 0 Å². The molecule has 22 heavy (non-hydrogen) atoms. The van der Waals surface area contributed by atoms with Crippen LogP contribution in [-0.2, 0) is 4.79 Å². The molecule has 2 aliphatic carbocycles. The van der Waals surface area contributed by atoms with E-state index in [2.05, 4.69) is 17.6 Å². The molecule has 126 valence electrons. The molecule has 3 fully saturated rings. The van der Waals surface area contributed by atoms with Crippen molar-refractivity contribution < 1.29 is 9.90 Å². The predicted octanol–water partition coefficient (Wildman–Crippen LogP) is 2.21. The standard InChI is InChI=1S/C18H32N2O2/c1-12-6-5-9-14-10-15(19-17(12)14)18(22)20-16(11-21)13-7-3-2-4-8-13/h12-17,19,21H,2-11H2,1H3,(H,20,22)/t12?,14?,15?,16-,17?/m1/s1. The van der Waals surface area contributed by atoms with Crippen LogP contribution in [0.4, 0.5) is 0 Å². The van der Waals surface area contributed by atoms with E-state index in [1.54, 1.807) is 0 Å². The molecule has 3 rings (SSSR count). The Bertz CT molecular complexity index is 381. The Kier molecular flexibility index (Phi) is 5.40. The number of hydrogen-bond donors (Lipinski definition) is 3. The van der Waals surface area contributed by atoms with Gasteiger partial charge in [-0.2, -0.15) is 0 Å². The summed E-state index contributed by atoms with van der Waals surface area (Å²) in [4.78, 5) is 12.6. The van der Waals surface area contributed by atoms with Gasteiger partial charge in [0.05, 0.1) is 18.7 Å². The van der Waals surface area contributed by atoms with E-state index in [0.29, 0.717) is 23.8 Å². The molecule has 5 atom stereocenters. The van der Waals surface area contributed by atoms with E-state index in [4.69, 9.17) is 0 Å². The minimum absolute atomic E-state index is 0.0466. The normalized spacial score (nSPS) is 37.5. The minimum Gasteiger partial charge on any atom is -0.394 e. The average molecular weight is 308 g/mol. The third-order valence-electron chi connectivity index (χ3n) is 6.35. The molecule has 1 aliphatic heterocycles. The Morgan fingerprint density at radius 1 is 1.18 bits per heavy atom. The number of nitrogens with one attached hydrogen (secondary N) is 2. The van der Waals surface area contributed by atoms with Crippen molar-refractivity contribution in [3.05, 3.63) is 0 Å². The highest BCUT2D eigenvalue weighted by Gasteiger charge is 2.41. The SMILES string of the molecule is CC1CCCC2CC(C(=O)N[C@H](CO)C3CCCCC3)NC12. The first-order valence-electron chi connectivity index (χ1n) is 9.36. The van der Waals surface area contributed by atoms with Gasteiger partial charge in [0.1, 0.15) is 0 Å². The molecule has 0 bridgehead atoms. The van der Waals surface area contributed by atoms with Crippen LogP contribution in [0.15, 0.2) is 0 Å². The second-order valence-electron chi connectivity index (χ2n) is 7.84. The third kappa shape index (κ3) is 3.48. The van der Waals surface area contributed by atoms with Gasteiger partial charge in [0.2, 0.25) is 5.91 Å². The van der Waals surface area contributed by atoms with Gasteiger partial charge in [0.25, 0.3) is 0 Å². The van der Waals surface area contributed by atoms with E-state index < -0.39 is 0 Å². The van der Waals surface area contributed by atoms with Gasteiger partial charge in [-0.15, -0.1) is 0 Å². The van der Waals surface area contributed by atoms with Crippen molar-refractivity contribution in [3.63, 3.8) is 0 Å². The molecule has 3 N–H and O–H groups in total. The molecule has 4 nitrogen and oxygen atoms in total. The number of hydrogen-bond acceptors (Lipinski definition) is 3. The van der Waals surface area contributed by atoms with Crippen LogP contribution in [0.1, 0.15) is 64.7 Å². The summed E-state index contributed by atoms with van der Waals surface area (Å²) in [6.07, 6.45) is 10.9. The Hall–Kier alpha value is -0.610. The van der Waals surface area contributed by atoms with Crippen LogP contribution in [0, 0.1) is 17.8 Å². The topological polar surface area (TPSA) is 61.4 Å². The zero-order valence-electron chi connectivity index (χ0n) is 13.9. The Balaban J connectivity index is 1.54. The molecule has 0 aromatic rings. The summed E-state index contributed by atoms with van der Waals surface area (Å²) in [6.45, 7) is 2.38. The first-order chi connectivity index (χ1) is 10.7. The maximum absolute atomic E-state index is 12.6. The first kappa shape index (κ1) is 16.3. The quantitative estimate of drug-likeness (QED) is 0.746. The van der Waals surface area contributed by atoms with E-state index in [1.807, 2.05) is 0 Å². The van der Waals surface area contributed by atoms with E-state index in [-0.39, 0.29) is 24.6 Å². The van der Waals surface area contributed by atoms with Crippen LogP contribution in [0.25, 0.3) is 0 Å². The second kappa shape index (κ2) is 7.31. The number of carbonyl (C=O) groups is 1. The van der Waals surface area contributed by atoms with Crippen molar-refractivity contribution in [2.45, 2.75) is 82.8 Å². The summed E-state index contributed by atoms with van der Waals surface area (Å²) in [5, 5.41) is 16.4. The monoisotopic (exact) mass is 308 g/mol. The number of carbonyl (C=O) groups excluding carboxylic acids is 1. The molecule has 4 heteroatoms. The molecule has 4 unspecified atom stereocenters. The van der Waals surface area contributed by atoms with Gasteiger partial charge in [-0.05, 0) is 49.9 Å². The fraction of sp³-hybridized carbons (Fsp3) is 0.944.